The summed E-state index contributed by atoms with van der Waals surface area (Å²) in [6, 6.07) is 0. The first-order chi connectivity index (χ1) is 8.66. The summed E-state index contributed by atoms with van der Waals surface area (Å²) in [6.45, 7) is 7.42. The minimum absolute atomic E-state index is 0.114. The molecule has 0 aromatic rings. The summed E-state index contributed by atoms with van der Waals surface area (Å²) < 4.78 is 0. The predicted octanol–water partition coefficient (Wildman–Crippen LogP) is 0.0802. The van der Waals surface area contributed by atoms with Crippen LogP contribution in [0.4, 0.5) is 0 Å². The Labute approximate surface area is 112 Å². The fourth-order valence-corrected chi connectivity index (χ4v) is 3.07. The highest BCUT2D eigenvalue weighted by molar-refractivity contribution is 6.10. The van der Waals surface area contributed by atoms with E-state index in [0.717, 1.165) is 4.90 Å². The number of likely N-dealkylation sites (N-methyl/N-ethyl adjacent to an activating group) is 1. The molecular formula is C13H20N2O4. The van der Waals surface area contributed by atoms with Crippen molar-refractivity contribution in [2.75, 3.05) is 13.1 Å². The van der Waals surface area contributed by atoms with Crippen LogP contribution >= 0.6 is 0 Å². The molecule has 106 valence electrons. The Morgan fingerprint density at radius 2 is 1.84 bits per heavy atom. The van der Waals surface area contributed by atoms with Crippen molar-refractivity contribution in [1.29, 1.82) is 0 Å². The molecule has 6 nitrogen and oxygen atoms in total. The lowest BCUT2D eigenvalue weighted by atomic mass is 9.99. The lowest BCUT2D eigenvalue weighted by molar-refractivity contribution is -0.149. The second-order valence-corrected chi connectivity index (χ2v) is 6.21. The second-order valence-electron chi connectivity index (χ2n) is 6.21. The highest BCUT2D eigenvalue weighted by Crippen LogP contribution is 2.63. The predicted molar refractivity (Wildman–Crippen MR) is 67.2 cm³/mol. The topological polar surface area (TPSA) is 86.7 Å². The van der Waals surface area contributed by atoms with Gasteiger partial charge < -0.3 is 10.4 Å². The molecule has 0 spiro atoms. The zero-order valence-electron chi connectivity index (χ0n) is 11.7. The van der Waals surface area contributed by atoms with E-state index in [1.54, 1.807) is 6.92 Å². The standard InChI is InChI=1S/C13H20N2O4/c1-5-14-13(4,11(18)19)6-15-9(16)7-8(10(15)17)12(7,2)3/h7-8,14H,5-6H2,1-4H3,(H,18,19). The Morgan fingerprint density at radius 3 is 2.21 bits per heavy atom. The van der Waals surface area contributed by atoms with Crippen LogP contribution in [0.5, 0.6) is 0 Å². The van der Waals surface area contributed by atoms with E-state index in [1.807, 2.05) is 13.8 Å². The van der Waals surface area contributed by atoms with Crippen molar-refractivity contribution in [2.24, 2.45) is 17.3 Å². The van der Waals surface area contributed by atoms with Crippen molar-refractivity contribution >= 4 is 17.8 Å². The van der Waals surface area contributed by atoms with Crippen LogP contribution in [0, 0.1) is 17.3 Å². The van der Waals surface area contributed by atoms with Crippen LogP contribution in [-0.4, -0.2) is 46.4 Å². The molecule has 0 aromatic heterocycles. The van der Waals surface area contributed by atoms with Gasteiger partial charge in [-0.05, 0) is 18.9 Å². The van der Waals surface area contributed by atoms with Gasteiger partial charge in [0.15, 0.2) is 0 Å². The zero-order chi connectivity index (χ0) is 14.6. The van der Waals surface area contributed by atoms with Crippen LogP contribution in [0.25, 0.3) is 0 Å². The average Bonchev–Trinajstić information content (AvgIpc) is 2.77. The molecule has 0 aromatic carbocycles. The van der Waals surface area contributed by atoms with Crippen LogP contribution < -0.4 is 5.32 Å². The van der Waals surface area contributed by atoms with E-state index >= 15 is 0 Å². The summed E-state index contributed by atoms with van der Waals surface area (Å²) in [6.07, 6.45) is 0. The number of nitrogens with one attached hydrogen (secondary N) is 1. The Kier molecular flexibility index (Phi) is 2.97. The zero-order valence-corrected chi connectivity index (χ0v) is 11.7. The smallest absolute Gasteiger partial charge is 0.325 e. The fourth-order valence-electron chi connectivity index (χ4n) is 3.07. The van der Waals surface area contributed by atoms with E-state index < -0.39 is 11.5 Å². The van der Waals surface area contributed by atoms with E-state index in [1.165, 1.54) is 6.92 Å². The van der Waals surface area contributed by atoms with Gasteiger partial charge in [0.2, 0.25) is 11.8 Å². The first-order valence-corrected chi connectivity index (χ1v) is 6.50. The van der Waals surface area contributed by atoms with E-state index in [2.05, 4.69) is 5.32 Å². The number of carbonyl (C=O) groups excluding carboxylic acids is 2. The van der Waals surface area contributed by atoms with Gasteiger partial charge >= 0.3 is 5.97 Å². The lowest BCUT2D eigenvalue weighted by Crippen LogP contribution is -2.58. The van der Waals surface area contributed by atoms with E-state index in [4.69, 9.17) is 0 Å². The molecule has 1 aliphatic heterocycles. The van der Waals surface area contributed by atoms with Gasteiger partial charge in [0.05, 0.1) is 18.4 Å². The quantitative estimate of drug-likeness (QED) is 0.690. The first kappa shape index (κ1) is 14.0. The Bertz CT molecular complexity index is 436. The molecule has 2 aliphatic rings. The van der Waals surface area contributed by atoms with Gasteiger partial charge in [0, 0.05) is 0 Å². The maximum absolute atomic E-state index is 12.2. The number of aliphatic carboxylic acids is 1. The number of carboxylic acids is 1. The third-order valence-corrected chi connectivity index (χ3v) is 4.40. The molecule has 6 heteroatoms. The van der Waals surface area contributed by atoms with Crippen LogP contribution in [0.15, 0.2) is 0 Å². The Balaban J connectivity index is 2.15. The van der Waals surface area contributed by atoms with Crippen molar-refractivity contribution in [3.63, 3.8) is 0 Å². The molecule has 3 atom stereocenters. The van der Waals surface area contributed by atoms with Crippen LogP contribution in [-0.2, 0) is 14.4 Å². The number of piperidine rings is 1. The normalized spacial score (nSPS) is 31.1. The molecular weight excluding hydrogens is 248 g/mol. The van der Waals surface area contributed by atoms with Gasteiger partial charge in [-0.2, -0.15) is 0 Å². The van der Waals surface area contributed by atoms with Gasteiger partial charge in [-0.25, -0.2) is 0 Å². The van der Waals surface area contributed by atoms with E-state index in [9.17, 15) is 19.5 Å². The first-order valence-electron chi connectivity index (χ1n) is 6.50. The van der Waals surface area contributed by atoms with E-state index in [-0.39, 0.29) is 35.6 Å². The third kappa shape index (κ3) is 1.85. The van der Waals surface area contributed by atoms with Crippen LogP contribution in [0.1, 0.15) is 27.7 Å². The minimum atomic E-state index is -1.29. The number of carboxylic acid groups (broad SMARTS) is 1. The van der Waals surface area contributed by atoms with Crippen LogP contribution in [0.3, 0.4) is 0 Å². The molecule has 3 unspecified atom stereocenters. The fraction of sp³-hybridized carbons (Fsp3) is 0.769. The number of likely N-dealkylation sites (tertiary alicyclic amines) is 1. The van der Waals surface area contributed by atoms with Gasteiger partial charge in [0.25, 0.3) is 0 Å². The highest BCUT2D eigenvalue weighted by Gasteiger charge is 2.72. The molecule has 2 rings (SSSR count). The van der Waals surface area contributed by atoms with Gasteiger partial charge in [-0.3, -0.25) is 19.3 Å². The number of imide groups is 1. The van der Waals surface area contributed by atoms with Crippen LogP contribution in [0.2, 0.25) is 0 Å². The molecule has 2 N–H and O–H groups in total. The van der Waals surface area contributed by atoms with Crippen molar-refractivity contribution in [3.05, 3.63) is 0 Å². The lowest BCUT2D eigenvalue weighted by Gasteiger charge is -2.31. The molecule has 0 radical (unpaired) electrons. The average molecular weight is 268 g/mol. The van der Waals surface area contributed by atoms with Crippen molar-refractivity contribution in [3.8, 4) is 0 Å². The summed E-state index contributed by atoms with van der Waals surface area (Å²) in [5, 5.41) is 12.1. The van der Waals surface area contributed by atoms with E-state index in [0.29, 0.717) is 6.54 Å². The van der Waals surface area contributed by atoms with Crippen molar-refractivity contribution < 1.29 is 19.5 Å². The number of fused-ring (bicyclic) bond motifs is 1. The molecule has 2 fully saturated rings. The van der Waals surface area contributed by atoms with Gasteiger partial charge in [-0.1, -0.05) is 20.8 Å². The summed E-state index contributed by atoms with van der Waals surface area (Å²) >= 11 is 0. The third-order valence-electron chi connectivity index (χ3n) is 4.40. The number of hydrogen-bond acceptors (Lipinski definition) is 4. The molecule has 1 aliphatic carbocycles. The summed E-state index contributed by atoms with van der Waals surface area (Å²) in [5.74, 6) is -2.05. The minimum Gasteiger partial charge on any atom is -0.480 e. The number of nitrogens with zero attached hydrogens (tertiary/aromatic N) is 1. The number of amides is 2. The maximum atomic E-state index is 12.2. The summed E-state index contributed by atoms with van der Waals surface area (Å²) in [5.41, 5.74) is -1.55. The van der Waals surface area contributed by atoms with Crippen molar-refractivity contribution in [2.45, 2.75) is 33.2 Å². The summed E-state index contributed by atoms with van der Waals surface area (Å²) in [4.78, 5) is 36.8. The second kappa shape index (κ2) is 4.03. The Morgan fingerprint density at radius 1 is 1.37 bits per heavy atom. The molecule has 0 bridgehead atoms. The largest absolute Gasteiger partial charge is 0.480 e. The molecule has 19 heavy (non-hydrogen) atoms. The van der Waals surface area contributed by atoms with Crippen molar-refractivity contribution in [1.82, 2.24) is 10.2 Å². The van der Waals surface area contributed by atoms with Gasteiger partial charge in [-0.15, -0.1) is 0 Å². The molecule has 1 heterocycles. The monoisotopic (exact) mass is 268 g/mol. The maximum Gasteiger partial charge on any atom is 0.325 e. The molecule has 2 amide bonds. The number of rotatable bonds is 5. The molecule has 1 saturated carbocycles. The SMILES string of the molecule is CCNC(C)(CN1C(=O)C2C(C1=O)C2(C)C)C(=O)O. The number of carbonyl (C=O) groups is 3. The highest BCUT2D eigenvalue weighted by atomic mass is 16.4. The number of hydrogen-bond donors (Lipinski definition) is 2. The summed E-state index contributed by atoms with van der Waals surface area (Å²) in [7, 11) is 0. The molecule has 1 saturated heterocycles. The Hall–Kier alpha value is -1.43. The van der Waals surface area contributed by atoms with Gasteiger partial charge in [0.1, 0.15) is 5.54 Å².